The Morgan fingerprint density at radius 2 is 2.33 bits per heavy atom. The number of rotatable bonds is 5. The van der Waals surface area contributed by atoms with Crippen molar-refractivity contribution in [2.24, 2.45) is 10.7 Å². The van der Waals surface area contributed by atoms with Crippen LogP contribution in [0.4, 0.5) is 18.9 Å². The Balaban J connectivity index is 1.80. The van der Waals surface area contributed by atoms with E-state index in [-0.39, 0.29) is 11.5 Å². The number of hydrogen-bond acceptors (Lipinski definition) is 6. The molecule has 0 fully saturated rings. The summed E-state index contributed by atoms with van der Waals surface area (Å²) in [5.74, 6) is -0.424. The van der Waals surface area contributed by atoms with Crippen molar-refractivity contribution in [2.75, 3.05) is 17.7 Å². The van der Waals surface area contributed by atoms with E-state index < -0.39 is 24.7 Å². The molecular weight excluding hydrogens is 381 g/mol. The lowest BCUT2D eigenvalue weighted by Gasteiger charge is -2.35. The third-order valence-electron chi connectivity index (χ3n) is 4.24. The molecule has 1 unspecified atom stereocenters. The van der Waals surface area contributed by atoms with Crippen LogP contribution < -0.4 is 11.1 Å². The number of nitrogens with two attached hydrogens (primary N) is 1. The van der Waals surface area contributed by atoms with Gasteiger partial charge in [-0.15, -0.1) is 0 Å². The number of amidine groups is 1. The Morgan fingerprint density at radius 3 is 3.00 bits per heavy atom. The molecule has 0 aliphatic carbocycles. The number of aromatic nitrogens is 3. The van der Waals surface area contributed by atoms with Gasteiger partial charge in [-0.25, -0.2) is 9.07 Å². The molecule has 0 saturated heterocycles. The van der Waals surface area contributed by atoms with Crippen molar-refractivity contribution in [1.82, 2.24) is 14.8 Å². The topological polar surface area (TPSA) is 98.2 Å². The number of hydrogen-bond donors (Lipinski definition) is 2. The molecule has 2 aromatic heterocycles. The van der Waals surface area contributed by atoms with Crippen molar-refractivity contribution in [3.05, 3.63) is 42.0 Å². The maximum Gasteiger partial charge on any atom is 0.333 e. The zero-order valence-electron chi connectivity index (χ0n) is 14.3. The van der Waals surface area contributed by atoms with Gasteiger partial charge in [0, 0.05) is 35.4 Å². The molecule has 3 N–H and O–H groups in total. The monoisotopic (exact) mass is 398 g/mol. The van der Waals surface area contributed by atoms with Crippen LogP contribution in [0.3, 0.4) is 0 Å². The van der Waals surface area contributed by atoms with Crippen LogP contribution in [0.1, 0.15) is 35.4 Å². The minimum Gasteiger partial charge on any atom is -0.379 e. The van der Waals surface area contributed by atoms with Crippen LogP contribution in [0.15, 0.2) is 35.7 Å². The molecule has 1 aliphatic heterocycles. The molecule has 3 heterocycles. The molecule has 0 bridgehead atoms. The number of carbonyl (C=O) groups is 1. The summed E-state index contributed by atoms with van der Waals surface area (Å²) < 4.78 is 39.2. The maximum atomic E-state index is 13.6. The van der Waals surface area contributed by atoms with Gasteiger partial charge in [-0.1, -0.05) is 11.8 Å². The van der Waals surface area contributed by atoms with E-state index in [4.69, 9.17) is 5.73 Å². The molecule has 1 amide bonds. The van der Waals surface area contributed by atoms with Crippen LogP contribution in [-0.2, 0) is 0 Å². The number of nitrogens with zero attached hydrogens (tertiary/aromatic N) is 4. The van der Waals surface area contributed by atoms with E-state index in [1.165, 1.54) is 18.0 Å². The molecule has 27 heavy (non-hydrogen) atoms. The lowest BCUT2D eigenvalue weighted by Crippen LogP contribution is -2.40. The van der Waals surface area contributed by atoms with Gasteiger partial charge in [0.25, 0.3) is 5.91 Å². The Labute approximate surface area is 157 Å². The third-order valence-corrected chi connectivity index (χ3v) is 5.13. The predicted molar refractivity (Wildman–Crippen MR) is 96.9 cm³/mol. The van der Waals surface area contributed by atoms with Crippen molar-refractivity contribution in [2.45, 2.75) is 24.9 Å². The van der Waals surface area contributed by atoms with Crippen LogP contribution in [0.25, 0.3) is 0 Å². The second-order valence-corrected chi connectivity index (χ2v) is 7.25. The molecule has 144 valence electrons. The van der Waals surface area contributed by atoms with Crippen molar-refractivity contribution in [3.8, 4) is 0 Å². The number of aliphatic imine (C=N–C) groups is 1. The number of carbonyl (C=O) groups excluding carboxylic acids is 1. The number of alkyl halides is 3. The van der Waals surface area contributed by atoms with Crippen LogP contribution >= 0.6 is 11.8 Å². The summed E-state index contributed by atoms with van der Waals surface area (Å²) in [6, 6.07) is 3.17. The molecule has 0 saturated carbocycles. The van der Waals surface area contributed by atoms with Crippen LogP contribution in [0.2, 0.25) is 0 Å². The van der Waals surface area contributed by atoms with Gasteiger partial charge in [0.05, 0.1) is 17.3 Å². The van der Waals surface area contributed by atoms with Crippen molar-refractivity contribution < 1.29 is 18.0 Å². The number of nitrogens with one attached hydrogen (secondary N) is 1. The van der Waals surface area contributed by atoms with Crippen LogP contribution in [0.5, 0.6) is 0 Å². The van der Waals surface area contributed by atoms with E-state index in [2.05, 4.69) is 20.4 Å². The highest BCUT2D eigenvalue weighted by molar-refractivity contribution is 8.13. The first-order valence-corrected chi connectivity index (χ1v) is 8.94. The molecular formula is C16H17F3N6OS. The number of halogens is 3. The zero-order chi connectivity index (χ0) is 19.6. The number of anilines is 1. The van der Waals surface area contributed by atoms with Gasteiger partial charge in [-0.2, -0.15) is 13.9 Å². The molecule has 0 spiro atoms. The Morgan fingerprint density at radius 1 is 1.56 bits per heavy atom. The molecule has 0 radical (unpaired) electrons. The number of pyridine rings is 1. The summed E-state index contributed by atoms with van der Waals surface area (Å²) in [5.41, 5.74) is 5.63. The fourth-order valence-electron chi connectivity index (χ4n) is 2.72. The van der Waals surface area contributed by atoms with Gasteiger partial charge in [0.15, 0.2) is 5.17 Å². The minimum absolute atomic E-state index is 0.00662. The van der Waals surface area contributed by atoms with Gasteiger partial charge in [-0.3, -0.25) is 14.8 Å². The first-order chi connectivity index (χ1) is 12.8. The summed E-state index contributed by atoms with van der Waals surface area (Å²) >= 11 is 1.31. The summed E-state index contributed by atoms with van der Waals surface area (Å²) in [4.78, 5) is 20.7. The van der Waals surface area contributed by atoms with E-state index in [0.29, 0.717) is 27.0 Å². The molecule has 11 heteroatoms. The lowest BCUT2D eigenvalue weighted by molar-refractivity contribution is 0.0565. The van der Waals surface area contributed by atoms with Gasteiger partial charge in [0.2, 0.25) is 0 Å². The minimum atomic E-state index is -2.82. The molecule has 2 atom stereocenters. The highest BCUT2D eigenvalue weighted by Crippen LogP contribution is 2.38. The van der Waals surface area contributed by atoms with E-state index in [0.717, 1.165) is 12.4 Å². The fourth-order valence-corrected chi connectivity index (χ4v) is 3.86. The molecule has 1 aliphatic rings. The van der Waals surface area contributed by atoms with Crippen molar-refractivity contribution in [1.29, 1.82) is 0 Å². The van der Waals surface area contributed by atoms with E-state index in [1.807, 2.05) is 0 Å². The fraction of sp³-hybridized carbons (Fsp3) is 0.375. The van der Waals surface area contributed by atoms with Gasteiger partial charge >= 0.3 is 6.55 Å². The smallest absolute Gasteiger partial charge is 0.333 e. The average Bonchev–Trinajstić information content (AvgIpc) is 3.12. The van der Waals surface area contributed by atoms with Crippen LogP contribution in [-0.4, -0.2) is 43.8 Å². The highest BCUT2D eigenvalue weighted by Gasteiger charge is 2.39. The summed E-state index contributed by atoms with van der Waals surface area (Å²) in [6.45, 7) is -1.87. The molecule has 3 rings (SSSR count). The average molecular weight is 398 g/mol. The molecule has 2 aromatic rings. The molecule has 0 aromatic carbocycles. The normalized spacial score (nSPS) is 22.6. The van der Waals surface area contributed by atoms with E-state index >= 15 is 0 Å². The Kier molecular flexibility index (Phi) is 5.40. The Hall–Kier alpha value is -2.56. The second kappa shape index (κ2) is 7.59. The first kappa shape index (κ1) is 19.2. The van der Waals surface area contributed by atoms with Gasteiger partial charge in [-0.05, 0) is 19.1 Å². The SMILES string of the molecule is C[C@@]1(CF)N=C(N)SCC1c1cc(NC(=O)c2cnn(C(F)F)c2)ccn1. The zero-order valence-corrected chi connectivity index (χ0v) is 15.1. The van der Waals surface area contributed by atoms with Crippen molar-refractivity contribution >= 4 is 28.5 Å². The first-order valence-electron chi connectivity index (χ1n) is 7.96. The maximum absolute atomic E-state index is 13.6. The molecule has 7 nitrogen and oxygen atoms in total. The summed E-state index contributed by atoms with van der Waals surface area (Å²) in [6.07, 6.45) is 3.50. The highest BCUT2D eigenvalue weighted by atomic mass is 32.2. The van der Waals surface area contributed by atoms with Gasteiger partial charge in [0.1, 0.15) is 6.67 Å². The predicted octanol–water partition coefficient (Wildman–Crippen LogP) is 2.80. The third kappa shape index (κ3) is 4.07. The lowest BCUT2D eigenvalue weighted by atomic mass is 9.85. The quantitative estimate of drug-likeness (QED) is 0.807. The van der Waals surface area contributed by atoms with Crippen LogP contribution in [0, 0.1) is 0 Å². The van der Waals surface area contributed by atoms with Crippen molar-refractivity contribution in [3.63, 3.8) is 0 Å². The largest absolute Gasteiger partial charge is 0.379 e. The van der Waals surface area contributed by atoms with E-state index in [1.54, 1.807) is 19.1 Å². The van der Waals surface area contributed by atoms with E-state index in [9.17, 15) is 18.0 Å². The standard InChI is InChI=1S/C16H17F3N6OS/c1-16(8-17)11(7-27-15(20)24-16)12-4-10(2-3-21-12)23-13(26)9-5-22-25(6-9)14(18)19/h2-6,11,14H,7-8H2,1H3,(H2,20,24)(H,21,23,26)/t11?,16-/m0/s1. The number of amides is 1. The Bertz CT molecular complexity index is 873. The number of thioether (sulfide) groups is 1. The second-order valence-electron chi connectivity index (χ2n) is 6.21. The van der Waals surface area contributed by atoms with Gasteiger partial charge < -0.3 is 11.1 Å². The summed E-state index contributed by atoms with van der Waals surface area (Å²) in [5, 5.41) is 6.36. The summed E-state index contributed by atoms with van der Waals surface area (Å²) in [7, 11) is 0.